The first-order valence-electron chi connectivity index (χ1n) is 3.43. The van der Waals surface area contributed by atoms with E-state index < -0.39 is 10.8 Å². The minimum atomic E-state index is -1.24. The maximum atomic E-state index is 10.8. The lowest BCUT2D eigenvalue weighted by molar-refractivity contribution is -0.139. The van der Waals surface area contributed by atoms with Gasteiger partial charge >= 0.3 is 5.97 Å². The summed E-state index contributed by atoms with van der Waals surface area (Å²) in [6.45, 7) is 1.72. The predicted octanol–water partition coefficient (Wildman–Crippen LogP) is 2.68. The molecule has 0 bridgehead atoms. The summed E-state index contributed by atoms with van der Waals surface area (Å²) in [5, 5.41) is 8.84. The number of carbonyl (C=O) groups is 1. The molecule has 12 heavy (non-hydrogen) atoms. The number of rotatable bonds is 1. The van der Waals surface area contributed by atoms with Crippen LogP contribution in [0.3, 0.4) is 0 Å². The molecule has 1 N–H and O–H groups in total. The molecular formula is C8H8BrClO2. The van der Waals surface area contributed by atoms with E-state index in [0.29, 0.717) is 12.0 Å². The van der Waals surface area contributed by atoms with E-state index in [9.17, 15) is 4.79 Å². The Morgan fingerprint density at radius 1 is 1.83 bits per heavy atom. The molecule has 4 heteroatoms. The fourth-order valence-corrected chi connectivity index (χ4v) is 1.67. The van der Waals surface area contributed by atoms with Gasteiger partial charge in [-0.25, -0.2) is 4.79 Å². The Morgan fingerprint density at radius 2 is 2.42 bits per heavy atom. The lowest BCUT2D eigenvalue weighted by Crippen LogP contribution is -2.34. The third-order valence-electron chi connectivity index (χ3n) is 1.90. The molecule has 2 nitrogen and oxygen atoms in total. The minimum Gasteiger partial charge on any atom is -0.480 e. The van der Waals surface area contributed by atoms with Crippen molar-refractivity contribution in [2.75, 3.05) is 0 Å². The van der Waals surface area contributed by atoms with Crippen LogP contribution in [0.5, 0.6) is 0 Å². The fourth-order valence-electron chi connectivity index (χ4n) is 1.04. The van der Waals surface area contributed by atoms with Crippen molar-refractivity contribution in [2.45, 2.75) is 18.2 Å². The molecule has 0 fully saturated rings. The smallest absolute Gasteiger partial charge is 0.329 e. The Hall–Kier alpha value is -0.280. The van der Waals surface area contributed by atoms with E-state index in [0.717, 1.165) is 4.48 Å². The second kappa shape index (κ2) is 3.23. The van der Waals surface area contributed by atoms with Gasteiger partial charge in [-0.3, -0.25) is 0 Å². The number of allylic oxidation sites excluding steroid dienone is 3. The maximum absolute atomic E-state index is 10.8. The zero-order valence-corrected chi connectivity index (χ0v) is 8.82. The molecule has 1 aliphatic carbocycles. The normalized spacial score (nSPS) is 29.2. The Balaban J connectivity index is 3.01. The van der Waals surface area contributed by atoms with Crippen molar-refractivity contribution >= 4 is 33.5 Å². The van der Waals surface area contributed by atoms with Gasteiger partial charge in [0.25, 0.3) is 0 Å². The third kappa shape index (κ3) is 1.57. The van der Waals surface area contributed by atoms with Crippen molar-refractivity contribution in [3.05, 3.63) is 22.2 Å². The Labute approximate surface area is 84.0 Å². The van der Waals surface area contributed by atoms with Gasteiger partial charge in [0.15, 0.2) is 4.87 Å². The molecule has 0 saturated carbocycles. The van der Waals surface area contributed by atoms with E-state index in [1.165, 1.54) is 0 Å². The molecular weight excluding hydrogens is 243 g/mol. The lowest BCUT2D eigenvalue weighted by Gasteiger charge is -2.24. The molecule has 0 amide bonds. The van der Waals surface area contributed by atoms with Crippen LogP contribution in [0.25, 0.3) is 0 Å². The number of hydrogen-bond donors (Lipinski definition) is 1. The van der Waals surface area contributed by atoms with Crippen molar-refractivity contribution < 1.29 is 9.90 Å². The summed E-state index contributed by atoms with van der Waals surface area (Å²) in [5.74, 6) is -0.992. The van der Waals surface area contributed by atoms with Crippen molar-refractivity contribution in [2.24, 2.45) is 0 Å². The SMILES string of the molecule is CC1=CC(Br)=CCC1(Cl)C(=O)O. The van der Waals surface area contributed by atoms with Crippen molar-refractivity contribution in [1.29, 1.82) is 0 Å². The first-order chi connectivity index (χ1) is 5.47. The highest BCUT2D eigenvalue weighted by Gasteiger charge is 2.38. The van der Waals surface area contributed by atoms with Gasteiger partial charge in [0.05, 0.1) is 0 Å². The summed E-state index contributed by atoms with van der Waals surface area (Å²) < 4.78 is 0.887. The van der Waals surface area contributed by atoms with Crippen LogP contribution in [-0.4, -0.2) is 16.0 Å². The van der Waals surface area contributed by atoms with Gasteiger partial charge in [0, 0.05) is 10.9 Å². The average molecular weight is 252 g/mol. The quantitative estimate of drug-likeness (QED) is 0.728. The van der Waals surface area contributed by atoms with Crippen molar-refractivity contribution in [3.63, 3.8) is 0 Å². The van der Waals surface area contributed by atoms with Crippen LogP contribution in [0, 0.1) is 0 Å². The molecule has 0 radical (unpaired) electrons. The second-order valence-corrected chi connectivity index (χ2v) is 4.29. The zero-order valence-electron chi connectivity index (χ0n) is 6.47. The van der Waals surface area contributed by atoms with Gasteiger partial charge in [-0.05, 0) is 18.6 Å². The first kappa shape index (κ1) is 9.81. The topological polar surface area (TPSA) is 37.3 Å². The largest absolute Gasteiger partial charge is 0.480 e. The maximum Gasteiger partial charge on any atom is 0.329 e. The van der Waals surface area contributed by atoms with E-state index in [2.05, 4.69) is 15.9 Å². The molecule has 0 heterocycles. The van der Waals surface area contributed by atoms with E-state index >= 15 is 0 Å². The molecule has 1 unspecified atom stereocenters. The van der Waals surface area contributed by atoms with E-state index in [1.807, 2.05) is 0 Å². The number of alkyl halides is 1. The van der Waals surface area contributed by atoms with Crippen LogP contribution < -0.4 is 0 Å². The molecule has 0 spiro atoms. The van der Waals surface area contributed by atoms with E-state index in [4.69, 9.17) is 16.7 Å². The molecule has 0 aromatic carbocycles. The first-order valence-corrected chi connectivity index (χ1v) is 4.60. The van der Waals surface area contributed by atoms with Crippen molar-refractivity contribution in [1.82, 2.24) is 0 Å². The number of hydrogen-bond acceptors (Lipinski definition) is 1. The molecule has 0 saturated heterocycles. The Morgan fingerprint density at radius 3 is 2.83 bits per heavy atom. The summed E-state index contributed by atoms with van der Waals surface area (Å²) in [6.07, 6.45) is 3.81. The highest BCUT2D eigenvalue weighted by atomic mass is 79.9. The van der Waals surface area contributed by atoms with Gasteiger partial charge in [-0.2, -0.15) is 0 Å². The zero-order chi connectivity index (χ0) is 9.35. The lowest BCUT2D eigenvalue weighted by atomic mass is 9.92. The average Bonchev–Trinajstić information content (AvgIpc) is 1.97. The van der Waals surface area contributed by atoms with E-state index in [1.54, 1.807) is 19.1 Å². The summed E-state index contributed by atoms with van der Waals surface area (Å²) in [6, 6.07) is 0. The Kier molecular flexibility index (Phi) is 2.64. The van der Waals surface area contributed by atoms with Gasteiger partial charge in [0.1, 0.15) is 0 Å². The number of carboxylic acids is 1. The van der Waals surface area contributed by atoms with Crippen LogP contribution in [0.1, 0.15) is 13.3 Å². The monoisotopic (exact) mass is 250 g/mol. The third-order valence-corrected chi connectivity index (χ3v) is 3.06. The molecule has 66 valence electrons. The molecule has 1 aliphatic rings. The molecule has 0 aromatic heterocycles. The van der Waals surface area contributed by atoms with Gasteiger partial charge in [-0.1, -0.05) is 22.0 Å². The summed E-state index contributed by atoms with van der Waals surface area (Å²) in [5.41, 5.74) is 0.658. The number of carboxylic acid groups (broad SMARTS) is 1. The van der Waals surface area contributed by atoms with Crippen molar-refractivity contribution in [3.8, 4) is 0 Å². The van der Waals surface area contributed by atoms with Gasteiger partial charge in [0.2, 0.25) is 0 Å². The number of aliphatic carboxylic acids is 1. The molecule has 0 aliphatic heterocycles. The summed E-state index contributed by atoms with van der Waals surface area (Å²) in [4.78, 5) is 9.54. The molecule has 1 rings (SSSR count). The second-order valence-electron chi connectivity index (χ2n) is 2.73. The van der Waals surface area contributed by atoms with Crippen LogP contribution in [0.2, 0.25) is 0 Å². The molecule has 1 atom stereocenters. The summed E-state index contributed by atoms with van der Waals surface area (Å²) >= 11 is 9.16. The summed E-state index contributed by atoms with van der Waals surface area (Å²) in [7, 11) is 0. The highest BCUT2D eigenvalue weighted by Crippen LogP contribution is 2.35. The minimum absolute atomic E-state index is 0.326. The van der Waals surface area contributed by atoms with Crippen LogP contribution in [0.15, 0.2) is 22.2 Å². The predicted molar refractivity (Wildman–Crippen MR) is 51.6 cm³/mol. The standard InChI is InChI=1S/C8H8BrClO2/c1-5-4-6(9)2-3-8(5,10)7(11)12/h2,4H,3H2,1H3,(H,11,12). The number of halogens is 2. The highest BCUT2D eigenvalue weighted by molar-refractivity contribution is 9.11. The van der Waals surface area contributed by atoms with Gasteiger partial charge in [-0.15, -0.1) is 11.6 Å². The Bertz CT molecular complexity index is 283. The van der Waals surface area contributed by atoms with Crippen LogP contribution in [0.4, 0.5) is 0 Å². The van der Waals surface area contributed by atoms with E-state index in [-0.39, 0.29) is 0 Å². The molecule has 0 aromatic rings. The fraction of sp³-hybridized carbons (Fsp3) is 0.375. The van der Waals surface area contributed by atoms with Crippen LogP contribution >= 0.6 is 27.5 Å². The van der Waals surface area contributed by atoms with Gasteiger partial charge < -0.3 is 5.11 Å². The van der Waals surface area contributed by atoms with Crippen LogP contribution in [-0.2, 0) is 4.79 Å².